The van der Waals surface area contributed by atoms with E-state index in [2.05, 4.69) is 12.1 Å². The molecule has 0 aliphatic heterocycles. The Morgan fingerprint density at radius 2 is 1.43 bits per heavy atom. The average Bonchev–Trinajstić information content (AvgIpc) is 2.60. The zero-order chi connectivity index (χ0) is 16.3. The van der Waals surface area contributed by atoms with Gasteiger partial charge in [0.15, 0.2) is 0 Å². The third-order valence-corrected chi connectivity index (χ3v) is 3.62. The number of hydrogen-bond donors (Lipinski definition) is 2. The maximum Gasteiger partial charge on any atom is 0.0758 e. The van der Waals surface area contributed by atoms with Crippen LogP contribution in [0.1, 0.15) is 24.0 Å². The van der Waals surface area contributed by atoms with E-state index in [4.69, 9.17) is 0 Å². The number of benzene rings is 2. The van der Waals surface area contributed by atoms with Crippen LogP contribution in [0.25, 0.3) is 6.08 Å². The predicted octanol–water partition coefficient (Wildman–Crippen LogP) is 4.00. The molecule has 0 saturated heterocycles. The number of hydrogen-bond acceptors (Lipinski definition) is 2. The molecule has 0 aliphatic carbocycles. The predicted molar refractivity (Wildman–Crippen MR) is 96.0 cm³/mol. The number of aliphatic hydroxyl groups excluding tert-OH is 2. The van der Waals surface area contributed by atoms with E-state index in [1.54, 1.807) is 12.2 Å². The van der Waals surface area contributed by atoms with Crippen LogP contribution in [0.4, 0.5) is 0 Å². The lowest BCUT2D eigenvalue weighted by Gasteiger charge is -2.06. The van der Waals surface area contributed by atoms with Crippen molar-refractivity contribution in [3.63, 3.8) is 0 Å². The standard InChI is InChI=1S/C21H24O2/c22-20(16-14-18-8-3-1-4-9-18)12-7-13-21(23)17-15-19-10-5-2-6-11-19/h1-12,15,17,20-23H,13-14,16H2/b12-7+,17-15+/t20-,21+/m0/s1. The highest BCUT2D eigenvalue weighted by molar-refractivity contribution is 5.49. The fourth-order valence-corrected chi connectivity index (χ4v) is 2.30. The van der Waals surface area contributed by atoms with Gasteiger partial charge in [0.2, 0.25) is 0 Å². The van der Waals surface area contributed by atoms with Gasteiger partial charge < -0.3 is 10.2 Å². The maximum absolute atomic E-state index is 9.94. The summed E-state index contributed by atoms with van der Waals surface area (Å²) in [6, 6.07) is 20.0. The molecule has 0 bridgehead atoms. The first-order valence-electron chi connectivity index (χ1n) is 8.04. The molecule has 0 spiro atoms. The van der Waals surface area contributed by atoms with E-state index < -0.39 is 12.2 Å². The van der Waals surface area contributed by atoms with E-state index >= 15 is 0 Å². The summed E-state index contributed by atoms with van der Waals surface area (Å²) in [5.41, 5.74) is 2.30. The minimum absolute atomic E-state index is 0.472. The zero-order valence-corrected chi connectivity index (χ0v) is 13.3. The van der Waals surface area contributed by atoms with Gasteiger partial charge in [-0.15, -0.1) is 0 Å². The molecule has 0 aromatic heterocycles. The average molecular weight is 308 g/mol. The van der Waals surface area contributed by atoms with Crippen molar-refractivity contribution >= 4 is 6.08 Å². The van der Waals surface area contributed by atoms with Gasteiger partial charge in [-0.25, -0.2) is 0 Å². The van der Waals surface area contributed by atoms with Gasteiger partial charge >= 0.3 is 0 Å². The monoisotopic (exact) mass is 308 g/mol. The van der Waals surface area contributed by atoms with Crippen molar-refractivity contribution < 1.29 is 10.2 Å². The molecule has 2 heteroatoms. The highest BCUT2D eigenvalue weighted by Gasteiger charge is 2.01. The topological polar surface area (TPSA) is 40.5 Å². The van der Waals surface area contributed by atoms with E-state index in [1.165, 1.54) is 5.56 Å². The van der Waals surface area contributed by atoms with Crippen LogP contribution in [0.15, 0.2) is 78.9 Å². The fraction of sp³-hybridized carbons (Fsp3) is 0.238. The summed E-state index contributed by atoms with van der Waals surface area (Å²) in [4.78, 5) is 0. The Labute approximate surface area is 138 Å². The highest BCUT2D eigenvalue weighted by atomic mass is 16.3. The summed E-state index contributed by atoms with van der Waals surface area (Å²) >= 11 is 0. The molecule has 2 rings (SSSR count). The van der Waals surface area contributed by atoms with E-state index in [-0.39, 0.29) is 0 Å². The minimum atomic E-state index is -0.534. The second-order valence-corrected chi connectivity index (χ2v) is 5.59. The Morgan fingerprint density at radius 1 is 0.783 bits per heavy atom. The highest BCUT2D eigenvalue weighted by Crippen LogP contribution is 2.07. The molecule has 2 atom stereocenters. The molecule has 0 fully saturated rings. The van der Waals surface area contributed by atoms with Crippen LogP contribution in [0.5, 0.6) is 0 Å². The van der Waals surface area contributed by atoms with E-state index in [0.29, 0.717) is 12.8 Å². The Morgan fingerprint density at radius 3 is 2.13 bits per heavy atom. The molecule has 2 N–H and O–H groups in total. The minimum Gasteiger partial charge on any atom is -0.389 e. The number of aliphatic hydroxyl groups is 2. The van der Waals surface area contributed by atoms with Gasteiger partial charge in [-0.3, -0.25) is 0 Å². The van der Waals surface area contributed by atoms with Crippen molar-refractivity contribution in [3.05, 3.63) is 90.0 Å². The van der Waals surface area contributed by atoms with Gasteiger partial charge in [0.25, 0.3) is 0 Å². The first-order chi connectivity index (χ1) is 11.2. The van der Waals surface area contributed by atoms with E-state index in [1.807, 2.05) is 60.7 Å². The first kappa shape index (κ1) is 17.2. The second-order valence-electron chi connectivity index (χ2n) is 5.59. The molecule has 2 aromatic rings. The molecular formula is C21H24O2. The molecule has 0 radical (unpaired) electrons. The van der Waals surface area contributed by atoms with Crippen LogP contribution in [0, 0.1) is 0 Å². The largest absolute Gasteiger partial charge is 0.389 e. The molecular weight excluding hydrogens is 284 g/mol. The summed E-state index contributed by atoms with van der Waals surface area (Å²) < 4.78 is 0. The van der Waals surface area contributed by atoms with Gasteiger partial charge in [-0.2, -0.15) is 0 Å². The van der Waals surface area contributed by atoms with Gasteiger partial charge in [0.05, 0.1) is 12.2 Å². The molecule has 0 aliphatic rings. The molecule has 120 valence electrons. The van der Waals surface area contributed by atoms with E-state index in [0.717, 1.165) is 12.0 Å². The SMILES string of the molecule is O[C@@H](/C=C/c1ccccc1)C/C=C/[C@H](O)CCc1ccccc1. The number of rotatable bonds is 8. The molecule has 2 aromatic carbocycles. The van der Waals surface area contributed by atoms with Crippen molar-refractivity contribution in [2.24, 2.45) is 0 Å². The summed E-state index contributed by atoms with van der Waals surface area (Å²) in [5.74, 6) is 0. The third-order valence-electron chi connectivity index (χ3n) is 3.62. The van der Waals surface area contributed by atoms with Crippen LogP contribution < -0.4 is 0 Å². The van der Waals surface area contributed by atoms with Gasteiger partial charge in [0, 0.05) is 0 Å². The molecule has 0 amide bonds. The lowest BCUT2D eigenvalue weighted by atomic mass is 10.1. The van der Waals surface area contributed by atoms with Crippen LogP contribution in [0.2, 0.25) is 0 Å². The normalized spacial score (nSPS) is 14.3. The van der Waals surface area contributed by atoms with Crippen LogP contribution in [-0.4, -0.2) is 22.4 Å². The second kappa shape index (κ2) is 9.78. The molecule has 0 saturated carbocycles. The van der Waals surface area contributed by atoms with Crippen molar-refractivity contribution in [2.75, 3.05) is 0 Å². The van der Waals surface area contributed by atoms with Crippen LogP contribution in [-0.2, 0) is 6.42 Å². The van der Waals surface area contributed by atoms with Crippen LogP contribution in [0.3, 0.4) is 0 Å². The molecule has 23 heavy (non-hydrogen) atoms. The maximum atomic E-state index is 9.94. The van der Waals surface area contributed by atoms with Gasteiger partial charge in [-0.1, -0.05) is 85.0 Å². The molecule has 0 heterocycles. The Bertz CT molecular complexity index is 602. The van der Waals surface area contributed by atoms with Gasteiger partial charge in [-0.05, 0) is 30.4 Å². The molecule has 2 nitrogen and oxygen atoms in total. The van der Waals surface area contributed by atoms with Crippen molar-refractivity contribution in [3.8, 4) is 0 Å². The van der Waals surface area contributed by atoms with E-state index in [9.17, 15) is 10.2 Å². The van der Waals surface area contributed by atoms with Gasteiger partial charge in [0.1, 0.15) is 0 Å². The Kier molecular flexibility index (Phi) is 7.31. The van der Waals surface area contributed by atoms with Crippen LogP contribution >= 0.6 is 0 Å². The zero-order valence-electron chi connectivity index (χ0n) is 13.3. The number of aryl methyl sites for hydroxylation is 1. The summed E-state index contributed by atoms with van der Waals surface area (Å²) in [5, 5.41) is 19.9. The van der Waals surface area contributed by atoms with Crippen molar-refractivity contribution in [1.82, 2.24) is 0 Å². The summed E-state index contributed by atoms with van der Waals surface area (Å²) in [6.45, 7) is 0. The Balaban J connectivity index is 1.69. The van der Waals surface area contributed by atoms with Crippen molar-refractivity contribution in [2.45, 2.75) is 31.5 Å². The summed E-state index contributed by atoms with van der Waals surface area (Å²) in [6.07, 6.45) is 8.33. The summed E-state index contributed by atoms with van der Waals surface area (Å²) in [7, 11) is 0. The quantitative estimate of drug-likeness (QED) is 0.724. The lowest BCUT2D eigenvalue weighted by Crippen LogP contribution is -2.05. The third kappa shape index (κ3) is 7.09. The smallest absolute Gasteiger partial charge is 0.0758 e. The fourth-order valence-electron chi connectivity index (χ4n) is 2.30. The van der Waals surface area contributed by atoms with Crippen molar-refractivity contribution in [1.29, 1.82) is 0 Å². The first-order valence-corrected chi connectivity index (χ1v) is 8.04. The Hall–Kier alpha value is -2.16. The molecule has 0 unspecified atom stereocenters. The lowest BCUT2D eigenvalue weighted by molar-refractivity contribution is 0.209.